The van der Waals surface area contributed by atoms with Crippen molar-refractivity contribution < 1.29 is 23.5 Å². The van der Waals surface area contributed by atoms with Crippen molar-refractivity contribution in [3.63, 3.8) is 0 Å². The Kier molecular flexibility index (Phi) is 7.42. The summed E-state index contributed by atoms with van der Waals surface area (Å²) in [6, 6.07) is 12.7. The Morgan fingerprint density at radius 2 is 1.62 bits per heavy atom. The second kappa shape index (κ2) is 10.0. The standard InChI is InChI=1S/C19H21FN2O4/c1-2-25-14-7-9-15(10-8-14)26-12-11-21-18(23)13-22-19(24)16-5-3-4-6-17(16)20/h3-10H,2,11-13H2,1H3,(H,21,23)(H,22,24). The summed E-state index contributed by atoms with van der Waals surface area (Å²) in [5, 5.41) is 4.98. The van der Waals surface area contributed by atoms with E-state index >= 15 is 0 Å². The van der Waals surface area contributed by atoms with Gasteiger partial charge in [-0.15, -0.1) is 0 Å². The SMILES string of the molecule is CCOc1ccc(OCCNC(=O)CNC(=O)c2ccccc2F)cc1. The number of halogens is 1. The molecular formula is C19H21FN2O4. The molecule has 138 valence electrons. The van der Waals surface area contributed by atoms with Gasteiger partial charge >= 0.3 is 0 Å². The molecule has 2 aromatic carbocycles. The molecule has 2 aromatic rings. The summed E-state index contributed by atoms with van der Waals surface area (Å²) in [7, 11) is 0. The fraction of sp³-hybridized carbons (Fsp3) is 0.263. The number of carbonyl (C=O) groups is 2. The zero-order valence-corrected chi connectivity index (χ0v) is 14.5. The molecule has 2 rings (SSSR count). The summed E-state index contributed by atoms with van der Waals surface area (Å²) >= 11 is 0. The zero-order valence-electron chi connectivity index (χ0n) is 14.5. The van der Waals surface area contributed by atoms with Crippen molar-refractivity contribution >= 4 is 11.8 Å². The van der Waals surface area contributed by atoms with Gasteiger partial charge in [0.25, 0.3) is 5.91 Å². The van der Waals surface area contributed by atoms with Crippen molar-refractivity contribution in [2.45, 2.75) is 6.92 Å². The topological polar surface area (TPSA) is 76.7 Å². The Morgan fingerprint density at radius 1 is 0.962 bits per heavy atom. The quantitative estimate of drug-likeness (QED) is 0.672. The molecule has 0 saturated heterocycles. The van der Waals surface area contributed by atoms with Crippen LogP contribution in [0.4, 0.5) is 4.39 Å². The van der Waals surface area contributed by atoms with E-state index in [1.807, 2.05) is 6.92 Å². The molecule has 0 atom stereocenters. The number of benzene rings is 2. The summed E-state index contributed by atoms with van der Waals surface area (Å²) in [5.41, 5.74) is -0.0980. The molecule has 26 heavy (non-hydrogen) atoms. The molecule has 0 spiro atoms. The van der Waals surface area contributed by atoms with Gasteiger partial charge in [0.2, 0.25) is 5.91 Å². The Balaban J connectivity index is 1.64. The van der Waals surface area contributed by atoms with Crippen LogP contribution in [0.5, 0.6) is 11.5 Å². The first-order chi connectivity index (χ1) is 12.6. The molecule has 0 aliphatic heterocycles. The highest BCUT2D eigenvalue weighted by Gasteiger charge is 2.11. The van der Waals surface area contributed by atoms with Gasteiger partial charge in [0.15, 0.2) is 0 Å². The lowest BCUT2D eigenvalue weighted by molar-refractivity contribution is -0.120. The van der Waals surface area contributed by atoms with Gasteiger partial charge < -0.3 is 20.1 Å². The van der Waals surface area contributed by atoms with Crippen LogP contribution in [-0.4, -0.2) is 38.1 Å². The van der Waals surface area contributed by atoms with Crippen LogP contribution in [0.15, 0.2) is 48.5 Å². The third-order valence-electron chi connectivity index (χ3n) is 3.36. The number of ether oxygens (including phenoxy) is 2. The first kappa shape index (κ1) is 19.2. The van der Waals surface area contributed by atoms with E-state index in [1.165, 1.54) is 18.2 Å². The number of nitrogens with one attached hydrogen (secondary N) is 2. The van der Waals surface area contributed by atoms with Crippen LogP contribution in [0.3, 0.4) is 0 Å². The van der Waals surface area contributed by atoms with Crippen LogP contribution in [0.2, 0.25) is 0 Å². The second-order valence-corrected chi connectivity index (χ2v) is 5.27. The summed E-state index contributed by atoms with van der Waals surface area (Å²) in [6.45, 7) is 2.82. The fourth-order valence-electron chi connectivity index (χ4n) is 2.12. The van der Waals surface area contributed by atoms with Gasteiger partial charge in [-0.05, 0) is 43.3 Å². The number of amides is 2. The lowest BCUT2D eigenvalue weighted by Crippen LogP contribution is -2.38. The van der Waals surface area contributed by atoms with Gasteiger partial charge in [0.1, 0.15) is 23.9 Å². The fourth-order valence-corrected chi connectivity index (χ4v) is 2.12. The van der Waals surface area contributed by atoms with E-state index in [-0.39, 0.29) is 31.2 Å². The highest BCUT2D eigenvalue weighted by atomic mass is 19.1. The molecule has 0 unspecified atom stereocenters. The second-order valence-electron chi connectivity index (χ2n) is 5.27. The smallest absolute Gasteiger partial charge is 0.254 e. The molecule has 2 amide bonds. The molecule has 7 heteroatoms. The average Bonchev–Trinajstić information content (AvgIpc) is 2.65. The van der Waals surface area contributed by atoms with Gasteiger partial charge in [-0.1, -0.05) is 12.1 Å². The highest BCUT2D eigenvalue weighted by molar-refractivity contribution is 5.96. The van der Waals surface area contributed by atoms with Crippen molar-refractivity contribution in [2.75, 3.05) is 26.3 Å². The Morgan fingerprint density at radius 3 is 2.27 bits per heavy atom. The van der Waals surface area contributed by atoms with Crippen LogP contribution in [0.25, 0.3) is 0 Å². The maximum atomic E-state index is 13.5. The predicted molar refractivity (Wildman–Crippen MR) is 94.8 cm³/mol. The Labute approximate surface area is 151 Å². The lowest BCUT2D eigenvalue weighted by atomic mass is 10.2. The van der Waals surface area contributed by atoms with Crippen LogP contribution >= 0.6 is 0 Å². The minimum absolute atomic E-state index is 0.0980. The summed E-state index contributed by atoms with van der Waals surface area (Å²) in [6.07, 6.45) is 0. The van der Waals surface area contributed by atoms with E-state index in [2.05, 4.69) is 10.6 Å². The Hall–Kier alpha value is -3.09. The molecule has 2 N–H and O–H groups in total. The first-order valence-electron chi connectivity index (χ1n) is 8.25. The van der Waals surface area contributed by atoms with Gasteiger partial charge in [-0.3, -0.25) is 9.59 Å². The molecule has 0 aliphatic rings. The van der Waals surface area contributed by atoms with Gasteiger partial charge in [0, 0.05) is 0 Å². The zero-order chi connectivity index (χ0) is 18.8. The third kappa shape index (κ3) is 6.08. The van der Waals surface area contributed by atoms with Gasteiger partial charge in [0.05, 0.1) is 25.3 Å². The van der Waals surface area contributed by atoms with Gasteiger partial charge in [-0.2, -0.15) is 0 Å². The van der Waals surface area contributed by atoms with E-state index < -0.39 is 11.7 Å². The molecule has 6 nitrogen and oxygen atoms in total. The predicted octanol–water partition coefficient (Wildman–Crippen LogP) is 2.15. The number of rotatable bonds is 9. The maximum absolute atomic E-state index is 13.5. The van der Waals surface area contributed by atoms with Crippen LogP contribution in [-0.2, 0) is 4.79 Å². The number of hydrogen-bond acceptors (Lipinski definition) is 4. The Bertz CT molecular complexity index is 735. The molecule has 0 saturated carbocycles. The molecule has 0 fully saturated rings. The van der Waals surface area contributed by atoms with Crippen molar-refractivity contribution in [3.05, 3.63) is 59.9 Å². The summed E-state index contributed by atoms with van der Waals surface area (Å²) in [5.74, 6) is -0.225. The van der Waals surface area contributed by atoms with Crippen LogP contribution in [0.1, 0.15) is 17.3 Å². The van der Waals surface area contributed by atoms with Gasteiger partial charge in [-0.25, -0.2) is 4.39 Å². The van der Waals surface area contributed by atoms with E-state index in [0.717, 1.165) is 5.75 Å². The normalized spacial score (nSPS) is 10.1. The van der Waals surface area contributed by atoms with E-state index in [1.54, 1.807) is 30.3 Å². The van der Waals surface area contributed by atoms with E-state index in [9.17, 15) is 14.0 Å². The highest BCUT2D eigenvalue weighted by Crippen LogP contribution is 2.17. The van der Waals surface area contributed by atoms with Crippen molar-refractivity contribution in [1.29, 1.82) is 0 Å². The molecule has 0 heterocycles. The molecule has 0 bridgehead atoms. The largest absolute Gasteiger partial charge is 0.494 e. The van der Waals surface area contributed by atoms with Crippen LogP contribution < -0.4 is 20.1 Å². The third-order valence-corrected chi connectivity index (χ3v) is 3.36. The minimum atomic E-state index is -0.635. The van der Waals surface area contributed by atoms with E-state index in [4.69, 9.17) is 9.47 Å². The van der Waals surface area contributed by atoms with Crippen molar-refractivity contribution in [2.24, 2.45) is 0 Å². The summed E-state index contributed by atoms with van der Waals surface area (Å²) in [4.78, 5) is 23.5. The lowest BCUT2D eigenvalue weighted by Gasteiger charge is -2.09. The van der Waals surface area contributed by atoms with Crippen molar-refractivity contribution in [1.82, 2.24) is 10.6 Å². The molecular weight excluding hydrogens is 339 g/mol. The van der Waals surface area contributed by atoms with Crippen LogP contribution in [0, 0.1) is 5.82 Å². The molecule has 0 aliphatic carbocycles. The molecule has 0 aromatic heterocycles. The number of carbonyl (C=O) groups excluding carboxylic acids is 2. The van der Waals surface area contributed by atoms with Crippen molar-refractivity contribution in [3.8, 4) is 11.5 Å². The maximum Gasteiger partial charge on any atom is 0.254 e. The van der Waals surface area contributed by atoms with E-state index in [0.29, 0.717) is 12.4 Å². The minimum Gasteiger partial charge on any atom is -0.494 e. The average molecular weight is 360 g/mol. The monoisotopic (exact) mass is 360 g/mol. The first-order valence-corrected chi connectivity index (χ1v) is 8.25. The summed E-state index contributed by atoms with van der Waals surface area (Å²) < 4.78 is 24.3. The number of hydrogen-bond donors (Lipinski definition) is 2. The molecule has 0 radical (unpaired) electrons.